The van der Waals surface area contributed by atoms with Gasteiger partial charge in [0.2, 0.25) is 0 Å². The van der Waals surface area contributed by atoms with E-state index in [0.29, 0.717) is 35.3 Å². The number of esters is 2. The van der Waals surface area contributed by atoms with E-state index in [1.807, 2.05) is 0 Å². The highest BCUT2D eigenvalue weighted by atomic mass is 19.4. The van der Waals surface area contributed by atoms with E-state index >= 15 is 0 Å². The number of hydrogen-bond acceptors (Lipinski definition) is 6. The van der Waals surface area contributed by atoms with Crippen molar-refractivity contribution in [3.8, 4) is 5.75 Å². The SMILES string of the molecule is Nc1ccc(CCOC(=O)/C=C/c2ccc(OC(=O)c3ccc(CCCCC(F)(F)C(F)(F)F)cc3)cc2)c(N)c1. The van der Waals surface area contributed by atoms with Gasteiger partial charge in [0.15, 0.2) is 0 Å². The molecule has 3 aromatic carbocycles. The van der Waals surface area contributed by atoms with Gasteiger partial charge in [-0.1, -0.05) is 30.3 Å². The number of alkyl halides is 5. The molecule has 0 saturated carbocycles. The standard InChI is InChI=1S/C30H29F5N2O4/c31-29(32,30(33,34)35)17-2-1-3-20-4-9-23(10-5-20)28(39)41-25-13-6-21(7-14-25)8-15-27(38)40-18-16-22-11-12-24(36)19-26(22)37/h4-15,19H,1-3,16-18,36-37H2/b15-8+. The second-order valence-corrected chi connectivity index (χ2v) is 9.27. The Kier molecular flexibility index (Phi) is 10.5. The van der Waals surface area contributed by atoms with Crippen LogP contribution in [0.25, 0.3) is 6.08 Å². The highest BCUT2D eigenvalue weighted by Crippen LogP contribution is 2.39. The number of aryl methyl sites for hydroxylation is 1. The maximum atomic E-state index is 13.0. The van der Waals surface area contributed by atoms with E-state index in [1.165, 1.54) is 18.2 Å². The molecule has 3 aromatic rings. The van der Waals surface area contributed by atoms with Crippen molar-refractivity contribution in [2.45, 2.75) is 44.2 Å². The van der Waals surface area contributed by atoms with Crippen LogP contribution in [-0.2, 0) is 22.4 Å². The third-order valence-electron chi connectivity index (χ3n) is 6.10. The summed E-state index contributed by atoms with van der Waals surface area (Å²) in [5.41, 5.74) is 15.1. The molecule has 0 spiro atoms. The summed E-state index contributed by atoms with van der Waals surface area (Å²) in [5, 5.41) is 0. The van der Waals surface area contributed by atoms with Crippen LogP contribution < -0.4 is 16.2 Å². The molecule has 41 heavy (non-hydrogen) atoms. The lowest BCUT2D eigenvalue weighted by molar-refractivity contribution is -0.284. The first-order valence-corrected chi connectivity index (χ1v) is 12.7. The number of nitrogen functional groups attached to an aromatic ring is 2. The number of ether oxygens (including phenoxy) is 2. The van der Waals surface area contributed by atoms with Gasteiger partial charge in [0, 0.05) is 30.3 Å². The number of halogens is 5. The molecule has 6 nitrogen and oxygen atoms in total. The zero-order valence-corrected chi connectivity index (χ0v) is 21.9. The molecule has 0 aliphatic rings. The van der Waals surface area contributed by atoms with Gasteiger partial charge >= 0.3 is 24.0 Å². The first-order chi connectivity index (χ1) is 19.3. The van der Waals surface area contributed by atoms with Crippen LogP contribution in [0, 0.1) is 0 Å². The summed E-state index contributed by atoms with van der Waals surface area (Å²) in [6.07, 6.45) is -3.39. The van der Waals surface area contributed by atoms with Gasteiger partial charge in [-0.2, -0.15) is 22.0 Å². The lowest BCUT2D eigenvalue weighted by atomic mass is 10.0. The number of carbonyl (C=O) groups excluding carboxylic acids is 2. The number of unbranched alkanes of at least 4 members (excludes halogenated alkanes) is 1. The smallest absolute Gasteiger partial charge is 0.453 e. The maximum Gasteiger partial charge on any atom is 0.453 e. The number of benzene rings is 3. The van der Waals surface area contributed by atoms with E-state index in [2.05, 4.69) is 0 Å². The predicted molar refractivity (Wildman–Crippen MR) is 145 cm³/mol. The fraction of sp³-hybridized carbons (Fsp3) is 0.267. The summed E-state index contributed by atoms with van der Waals surface area (Å²) in [5.74, 6) is -5.59. The number of rotatable bonds is 12. The molecule has 0 radical (unpaired) electrons. The average molecular weight is 577 g/mol. The topological polar surface area (TPSA) is 105 Å². The third kappa shape index (κ3) is 9.63. The fourth-order valence-electron chi connectivity index (χ4n) is 3.75. The van der Waals surface area contributed by atoms with Gasteiger partial charge in [0.1, 0.15) is 5.75 Å². The Morgan fingerprint density at radius 3 is 2.15 bits per heavy atom. The third-order valence-corrected chi connectivity index (χ3v) is 6.10. The highest BCUT2D eigenvalue weighted by Gasteiger charge is 2.56. The van der Waals surface area contributed by atoms with E-state index in [1.54, 1.807) is 60.7 Å². The van der Waals surface area contributed by atoms with Crippen molar-refractivity contribution in [1.29, 1.82) is 0 Å². The minimum atomic E-state index is -5.55. The van der Waals surface area contributed by atoms with Gasteiger partial charge in [0.25, 0.3) is 0 Å². The van der Waals surface area contributed by atoms with Crippen LogP contribution in [0.4, 0.5) is 33.3 Å². The molecule has 0 amide bonds. The molecular weight excluding hydrogens is 547 g/mol. The van der Waals surface area contributed by atoms with Crippen LogP contribution in [0.2, 0.25) is 0 Å². The number of anilines is 2. The zero-order chi connectivity index (χ0) is 30.0. The van der Waals surface area contributed by atoms with E-state index in [9.17, 15) is 31.5 Å². The van der Waals surface area contributed by atoms with E-state index in [4.69, 9.17) is 20.9 Å². The monoisotopic (exact) mass is 576 g/mol. The number of nitrogens with two attached hydrogens (primary N) is 2. The molecular formula is C30H29F5N2O4. The summed E-state index contributed by atoms with van der Waals surface area (Å²) in [6.45, 7) is 0.147. The van der Waals surface area contributed by atoms with Crippen molar-refractivity contribution < 1.29 is 41.0 Å². The maximum absolute atomic E-state index is 13.0. The molecule has 0 aromatic heterocycles. The molecule has 0 bridgehead atoms. The van der Waals surface area contributed by atoms with E-state index in [-0.39, 0.29) is 30.8 Å². The Bertz CT molecular complexity index is 1350. The zero-order valence-electron chi connectivity index (χ0n) is 21.9. The Labute approximate surface area is 233 Å². The van der Waals surface area contributed by atoms with Crippen LogP contribution in [0.3, 0.4) is 0 Å². The lowest BCUT2D eigenvalue weighted by Gasteiger charge is -2.19. The summed E-state index contributed by atoms with van der Waals surface area (Å²) in [7, 11) is 0. The van der Waals surface area contributed by atoms with Gasteiger partial charge in [-0.3, -0.25) is 0 Å². The largest absolute Gasteiger partial charge is 0.462 e. The Balaban J connectivity index is 1.41. The van der Waals surface area contributed by atoms with E-state index < -0.39 is 30.5 Å². The Morgan fingerprint density at radius 2 is 1.51 bits per heavy atom. The van der Waals surface area contributed by atoms with Crippen molar-refractivity contribution in [2.75, 3.05) is 18.1 Å². The van der Waals surface area contributed by atoms with Crippen LogP contribution >= 0.6 is 0 Å². The van der Waals surface area contributed by atoms with Crippen LogP contribution in [0.5, 0.6) is 5.75 Å². The van der Waals surface area contributed by atoms with Crippen molar-refractivity contribution in [3.05, 3.63) is 95.1 Å². The number of hydrogen-bond donors (Lipinski definition) is 2. The van der Waals surface area contributed by atoms with Crippen molar-refractivity contribution >= 4 is 29.4 Å². The van der Waals surface area contributed by atoms with Crippen molar-refractivity contribution in [3.63, 3.8) is 0 Å². The molecule has 0 aliphatic heterocycles. The summed E-state index contributed by atoms with van der Waals surface area (Å²) < 4.78 is 73.1. The molecule has 0 saturated heterocycles. The molecule has 3 rings (SSSR count). The van der Waals surface area contributed by atoms with Crippen LogP contribution in [-0.4, -0.2) is 30.6 Å². The minimum Gasteiger partial charge on any atom is -0.462 e. The predicted octanol–water partition coefficient (Wildman–Crippen LogP) is 6.78. The van der Waals surface area contributed by atoms with E-state index in [0.717, 1.165) is 5.56 Å². The first-order valence-electron chi connectivity index (χ1n) is 12.7. The number of carbonyl (C=O) groups is 2. The second kappa shape index (κ2) is 13.8. The van der Waals surface area contributed by atoms with Gasteiger partial charge < -0.3 is 20.9 Å². The summed E-state index contributed by atoms with van der Waals surface area (Å²) in [6, 6.07) is 17.7. The van der Waals surface area contributed by atoms with Gasteiger partial charge in [0.05, 0.1) is 12.2 Å². The Morgan fingerprint density at radius 1 is 0.829 bits per heavy atom. The molecule has 0 unspecified atom stereocenters. The fourth-order valence-corrected chi connectivity index (χ4v) is 3.75. The minimum absolute atomic E-state index is 0.146. The second-order valence-electron chi connectivity index (χ2n) is 9.27. The van der Waals surface area contributed by atoms with Crippen LogP contribution in [0.15, 0.2) is 72.8 Å². The molecule has 0 atom stereocenters. The lowest BCUT2D eigenvalue weighted by Crippen LogP contribution is -2.36. The average Bonchev–Trinajstić information content (AvgIpc) is 2.91. The Hall–Kier alpha value is -4.41. The molecule has 11 heteroatoms. The molecule has 0 fully saturated rings. The molecule has 0 heterocycles. The molecule has 4 N–H and O–H groups in total. The summed E-state index contributed by atoms with van der Waals surface area (Å²) >= 11 is 0. The quantitative estimate of drug-likeness (QED) is 0.0615. The molecule has 0 aliphatic carbocycles. The van der Waals surface area contributed by atoms with Crippen molar-refractivity contribution in [1.82, 2.24) is 0 Å². The van der Waals surface area contributed by atoms with Crippen molar-refractivity contribution in [2.24, 2.45) is 0 Å². The van der Waals surface area contributed by atoms with Gasteiger partial charge in [-0.25, -0.2) is 9.59 Å². The van der Waals surface area contributed by atoms with Crippen LogP contribution in [0.1, 0.15) is 46.3 Å². The summed E-state index contributed by atoms with van der Waals surface area (Å²) in [4.78, 5) is 24.4. The normalized spacial score (nSPS) is 11.9. The molecule has 218 valence electrons. The van der Waals surface area contributed by atoms with Gasteiger partial charge in [-0.15, -0.1) is 0 Å². The highest BCUT2D eigenvalue weighted by molar-refractivity contribution is 5.91. The van der Waals surface area contributed by atoms with Gasteiger partial charge in [-0.05, 0) is 78.4 Å². The first kappa shape index (κ1) is 31.1.